The zero-order valence-corrected chi connectivity index (χ0v) is 13.4. The van der Waals surface area contributed by atoms with Crippen molar-refractivity contribution in [3.8, 4) is 5.75 Å². The molecular formula is C16H20N4O3. The minimum Gasteiger partial charge on any atom is -0.496 e. The van der Waals surface area contributed by atoms with Gasteiger partial charge in [-0.15, -0.1) is 0 Å². The minimum atomic E-state index is -0.126. The third-order valence-electron chi connectivity index (χ3n) is 4.17. The van der Waals surface area contributed by atoms with Crippen LogP contribution in [0.3, 0.4) is 0 Å². The maximum atomic E-state index is 12.6. The van der Waals surface area contributed by atoms with Gasteiger partial charge in [0.05, 0.1) is 13.5 Å². The Morgan fingerprint density at radius 1 is 1.26 bits per heavy atom. The van der Waals surface area contributed by atoms with E-state index in [0.29, 0.717) is 32.5 Å². The van der Waals surface area contributed by atoms with Crippen LogP contribution in [0.25, 0.3) is 0 Å². The Morgan fingerprint density at radius 2 is 2.04 bits per heavy atom. The fourth-order valence-corrected chi connectivity index (χ4v) is 2.91. The molecule has 0 saturated heterocycles. The van der Waals surface area contributed by atoms with Crippen molar-refractivity contribution >= 4 is 5.91 Å². The van der Waals surface area contributed by atoms with Crippen molar-refractivity contribution in [3.63, 3.8) is 0 Å². The lowest BCUT2D eigenvalue weighted by molar-refractivity contribution is -0.130. The van der Waals surface area contributed by atoms with Crippen molar-refractivity contribution in [1.29, 1.82) is 0 Å². The molecule has 23 heavy (non-hydrogen) atoms. The van der Waals surface area contributed by atoms with E-state index in [9.17, 15) is 9.59 Å². The van der Waals surface area contributed by atoms with Crippen LogP contribution in [-0.2, 0) is 31.2 Å². The minimum absolute atomic E-state index is 0.0390. The molecule has 2 aromatic rings. The number of hydrogen-bond acceptors (Lipinski definition) is 4. The van der Waals surface area contributed by atoms with Crippen LogP contribution in [0.2, 0.25) is 0 Å². The summed E-state index contributed by atoms with van der Waals surface area (Å²) in [6.45, 7) is 1.58. The van der Waals surface area contributed by atoms with E-state index in [1.807, 2.05) is 24.3 Å². The fraction of sp³-hybridized carbons (Fsp3) is 0.438. The molecule has 0 fully saturated rings. The van der Waals surface area contributed by atoms with Gasteiger partial charge in [0, 0.05) is 38.7 Å². The Labute approximate surface area is 134 Å². The molecule has 0 spiro atoms. The van der Waals surface area contributed by atoms with Crippen LogP contribution in [0.5, 0.6) is 5.75 Å². The fourth-order valence-electron chi connectivity index (χ4n) is 2.91. The summed E-state index contributed by atoms with van der Waals surface area (Å²) in [7, 11) is 3.25. The topological polar surface area (TPSA) is 69.4 Å². The quantitative estimate of drug-likeness (QED) is 0.812. The van der Waals surface area contributed by atoms with Crippen LogP contribution in [0.15, 0.2) is 29.1 Å². The van der Waals surface area contributed by atoms with Crippen molar-refractivity contribution in [2.24, 2.45) is 7.05 Å². The molecule has 0 bridgehead atoms. The highest BCUT2D eigenvalue weighted by molar-refractivity contribution is 5.79. The van der Waals surface area contributed by atoms with Crippen LogP contribution in [0.1, 0.15) is 11.4 Å². The normalized spacial score (nSPS) is 14.3. The summed E-state index contributed by atoms with van der Waals surface area (Å²) in [4.78, 5) is 26.3. The van der Waals surface area contributed by atoms with Gasteiger partial charge >= 0.3 is 5.69 Å². The second-order valence-corrected chi connectivity index (χ2v) is 5.59. The molecule has 0 unspecified atom stereocenters. The number of aryl methyl sites for hydroxylation is 1. The number of nitrogens with zero attached hydrogens (tertiary/aromatic N) is 4. The summed E-state index contributed by atoms with van der Waals surface area (Å²) in [6.07, 6.45) is 0.887. The third kappa shape index (κ3) is 2.99. The Hall–Kier alpha value is -2.57. The van der Waals surface area contributed by atoms with Gasteiger partial charge in [-0.25, -0.2) is 9.48 Å². The molecule has 1 aromatic carbocycles. The lowest BCUT2D eigenvalue weighted by atomic mass is 10.1. The number of carbonyl (C=O) groups is 1. The van der Waals surface area contributed by atoms with E-state index in [2.05, 4.69) is 5.10 Å². The summed E-state index contributed by atoms with van der Waals surface area (Å²) in [6, 6.07) is 7.53. The summed E-state index contributed by atoms with van der Waals surface area (Å²) in [5, 5.41) is 4.23. The maximum Gasteiger partial charge on any atom is 0.345 e. The van der Waals surface area contributed by atoms with Crippen LogP contribution >= 0.6 is 0 Å². The molecule has 0 aliphatic carbocycles. The van der Waals surface area contributed by atoms with Gasteiger partial charge in [0.2, 0.25) is 5.91 Å². The van der Waals surface area contributed by atoms with Gasteiger partial charge in [0.1, 0.15) is 11.6 Å². The summed E-state index contributed by atoms with van der Waals surface area (Å²) in [5.74, 6) is 1.50. The Morgan fingerprint density at radius 3 is 2.83 bits per heavy atom. The van der Waals surface area contributed by atoms with Crippen molar-refractivity contribution in [3.05, 3.63) is 46.1 Å². The Bertz CT molecular complexity index is 778. The van der Waals surface area contributed by atoms with Crippen LogP contribution in [0, 0.1) is 0 Å². The van der Waals surface area contributed by atoms with Crippen molar-refractivity contribution in [2.75, 3.05) is 20.2 Å². The molecule has 1 amide bonds. The first-order valence-electron chi connectivity index (χ1n) is 7.62. The predicted octanol–water partition coefficient (Wildman–Crippen LogP) is 0.218. The van der Waals surface area contributed by atoms with Crippen LogP contribution < -0.4 is 10.4 Å². The third-order valence-corrected chi connectivity index (χ3v) is 4.17. The van der Waals surface area contributed by atoms with Gasteiger partial charge in [0.15, 0.2) is 0 Å². The van der Waals surface area contributed by atoms with Gasteiger partial charge in [0.25, 0.3) is 0 Å². The summed E-state index contributed by atoms with van der Waals surface area (Å²) in [5.41, 5.74) is 0.747. The monoisotopic (exact) mass is 316 g/mol. The van der Waals surface area contributed by atoms with Gasteiger partial charge in [-0.1, -0.05) is 18.2 Å². The largest absolute Gasteiger partial charge is 0.496 e. The van der Waals surface area contributed by atoms with E-state index in [0.717, 1.165) is 17.1 Å². The summed E-state index contributed by atoms with van der Waals surface area (Å²) < 4.78 is 8.29. The van der Waals surface area contributed by atoms with E-state index in [-0.39, 0.29) is 11.6 Å². The summed E-state index contributed by atoms with van der Waals surface area (Å²) >= 11 is 0. The molecule has 1 aromatic heterocycles. The standard InChI is InChI=1S/C16H20N4O3/c1-18-16(22)20-10-9-19(8-7-14(20)17-18)15(21)11-12-5-3-4-6-13(12)23-2/h3-6H,7-11H2,1-2H3. The highest BCUT2D eigenvalue weighted by Crippen LogP contribution is 2.19. The molecule has 7 nitrogen and oxygen atoms in total. The average Bonchev–Trinajstić information content (AvgIpc) is 2.73. The molecule has 1 aliphatic rings. The number of hydrogen-bond donors (Lipinski definition) is 0. The first-order chi connectivity index (χ1) is 11.1. The molecule has 1 aliphatic heterocycles. The van der Waals surface area contributed by atoms with Crippen molar-refractivity contribution in [1.82, 2.24) is 19.2 Å². The lowest BCUT2D eigenvalue weighted by Crippen LogP contribution is -2.36. The number of rotatable bonds is 3. The zero-order valence-electron chi connectivity index (χ0n) is 13.4. The molecular weight excluding hydrogens is 296 g/mol. The highest BCUT2D eigenvalue weighted by atomic mass is 16.5. The highest BCUT2D eigenvalue weighted by Gasteiger charge is 2.22. The molecule has 122 valence electrons. The molecule has 3 rings (SSSR count). The SMILES string of the molecule is COc1ccccc1CC(=O)N1CCc2nn(C)c(=O)n2CC1. The predicted molar refractivity (Wildman–Crippen MR) is 84.5 cm³/mol. The van der Waals surface area contributed by atoms with Gasteiger partial charge in [-0.05, 0) is 6.07 Å². The molecule has 0 N–H and O–H groups in total. The Balaban J connectivity index is 1.71. The number of para-hydroxylation sites is 1. The number of fused-ring (bicyclic) bond motifs is 1. The van der Waals surface area contributed by atoms with E-state index in [1.165, 1.54) is 4.68 Å². The number of amides is 1. The number of carbonyl (C=O) groups excluding carboxylic acids is 1. The van der Waals surface area contributed by atoms with E-state index >= 15 is 0 Å². The number of methoxy groups -OCH3 is 1. The first-order valence-corrected chi connectivity index (χ1v) is 7.62. The van der Waals surface area contributed by atoms with Gasteiger partial charge in [-0.2, -0.15) is 5.10 Å². The molecule has 7 heteroatoms. The van der Waals surface area contributed by atoms with Gasteiger partial charge in [-0.3, -0.25) is 9.36 Å². The number of benzene rings is 1. The van der Waals surface area contributed by atoms with E-state index < -0.39 is 0 Å². The molecule has 0 saturated carbocycles. The number of aromatic nitrogens is 3. The zero-order chi connectivity index (χ0) is 16.4. The van der Waals surface area contributed by atoms with Crippen LogP contribution in [-0.4, -0.2) is 45.4 Å². The van der Waals surface area contributed by atoms with E-state index in [4.69, 9.17) is 4.74 Å². The van der Waals surface area contributed by atoms with Gasteiger partial charge < -0.3 is 9.64 Å². The first kappa shape index (κ1) is 15.3. The maximum absolute atomic E-state index is 12.6. The second-order valence-electron chi connectivity index (χ2n) is 5.59. The number of ether oxygens (including phenoxy) is 1. The lowest BCUT2D eigenvalue weighted by Gasteiger charge is -2.20. The van der Waals surface area contributed by atoms with Crippen molar-refractivity contribution in [2.45, 2.75) is 19.4 Å². The molecule has 2 heterocycles. The van der Waals surface area contributed by atoms with Crippen molar-refractivity contribution < 1.29 is 9.53 Å². The van der Waals surface area contributed by atoms with Crippen LogP contribution in [0.4, 0.5) is 0 Å². The second kappa shape index (κ2) is 6.28. The molecule has 0 atom stereocenters. The average molecular weight is 316 g/mol. The smallest absolute Gasteiger partial charge is 0.345 e. The van der Waals surface area contributed by atoms with E-state index in [1.54, 1.807) is 23.6 Å². The Kier molecular flexibility index (Phi) is 4.18. The molecule has 0 radical (unpaired) electrons.